The van der Waals surface area contributed by atoms with Crippen LogP contribution in [0.1, 0.15) is 15.9 Å². The first kappa shape index (κ1) is 12.9. The van der Waals surface area contributed by atoms with Crippen LogP contribution in [0.4, 0.5) is 5.82 Å². The van der Waals surface area contributed by atoms with E-state index in [9.17, 15) is 9.90 Å². The molecule has 5 heteroatoms. The molecule has 98 valence electrons. The number of hydrogen-bond acceptors (Lipinski definition) is 4. The maximum atomic E-state index is 12.0. The molecule has 0 radical (unpaired) electrons. The number of ether oxygens (including phenoxy) is 1. The molecule has 5 nitrogen and oxygen atoms in total. The van der Waals surface area contributed by atoms with Crippen LogP contribution in [0.25, 0.3) is 0 Å². The zero-order chi connectivity index (χ0) is 13.8. The van der Waals surface area contributed by atoms with E-state index in [-0.39, 0.29) is 17.1 Å². The van der Waals surface area contributed by atoms with Crippen LogP contribution >= 0.6 is 0 Å². The summed E-state index contributed by atoms with van der Waals surface area (Å²) in [6.45, 7) is 1.91. The Morgan fingerprint density at radius 3 is 2.74 bits per heavy atom. The maximum Gasteiger partial charge on any atom is 0.260 e. The summed E-state index contributed by atoms with van der Waals surface area (Å²) in [5.41, 5.74) is 1.14. The molecular formula is C14H14N2O3. The van der Waals surface area contributed by atoms with Gasteiger partial charge in [-0.15, -0.1) is 0 Å². The van der Waals surface area contributed by atoms with Crippen molar-refractivity contribution in [3.8, 4) is 11.5 Å². The molecule has 0 bridgehead atoms. The van der Waals surface area contributed by atoms with Gasteiger partial charge in [0.1, 0.15) is 5.82 Å². The number of para-hydroxylation sites is 1. The van der Waals surface area contributed by atoms with E-state index in [0.29, 0.717) is 5.82 Å². The van der Waals surface area contributed by atoms with Gasteiger partial charge in [0, 0.05) is 6.20 Å². The topological polar surface area (TPSA) is 71.5 Å². The van der Waals surface area contributed by atoms with Gasteiger partial charge in [-0.25, -0.2) is 4.98 Å². The molecule has 2 rings (SSSR count). The largest absolute Gasteiger partial charge is 0.504 e. The second kappa shape index (κ2) is 5.39. The molecule has 0 aliphatic rings. The number of hydrogen-bond donors (Lipinski definition) is 2. The number of phenolic OH excluding ortho intramolecular Hbond substituents is 1. The van der Waals surface area contributed by atoms with Gasteiger partial charge in [-0.1, -0.05) is 12.1 Å². The number of carbonyl (C=O) groups is 1. The maximum absolute atomic E-state index is 12.0. The van der Waals surface area contributed by atoms with E-state index in [2.05, 4.69) is 10.3 Å². The van der Waals surface area contributed by atoms with Crippen LogP contribution in [0, 0.1) is 6.92 Å². The Hall–Kier alpha value is -2.56. The van der Waals surface area contributed by atoms with Crippen LogP contribution in [0.15, 0.2) is 36.5 Å². The van der Waals surface area contributed by atoms with E-state index >= 15 is 0 Å². The van der Waals surface area contributed by atoms with Crippen molar-refractivity contribution in [2.75, 3.05) is 12.4 Å². The predicted octanol–water partition coefficient (Wildman–Crippen LogP) is 2.36. The summed E-state index contributed by atoms with van der Waals surface area (Å²) in [4.78, 5) is 16.1. The molecule has 0 aliphatic carbocycles. The summed E-state index contributed by atoms with van der Waals surface area (Å²) in [5, 5.41) is 12.5. The Morgan fingerprint density at radius 1 is 1.32 bits per heavy atom. The Balaban J connectivity index is 2.23. The number of carbonyl (C=O) groups excluding carboxylic acids is 1. The van der Waals surface area contributed by atoms with Crippen molar-refractivity contribution in [2.45, 2.75) is 6.92 Å². The number of aryl methyl sites for hydroxylation is 1. The second-order valence-electron chi connectivity index (χ2n) is 4.03. The second-order valence-corrected chi connectivity index (χ2v) is 4.03. The Labute approximate surface area is 110 Å². The van der Waals surface area contributed by atoms with Crippen molar-refractivity contribution < 1.29 is 14.6 Å². The average Bonchev–Trinajstić information content (AvgIpc) is 2.41. The molecular weight excluding hydrogens is 244 g/mol. The third-order valence-corrected chi connectivity index (χ3v) is 2.62. The molecule has 1 amide bonds. The number of nitrogens with one attached hydrogen (secondary N) is 1. The number of phenols is 1. The minimum absolute atomic E-state index is 0.140. The molecule has 1 aromatic heterocycles. The van der Waals surface area contributed by atoms with Gasteiger partial charge in [0.2, 0.25) is 0 Å². The van der Waals surface area contributed by atoms with E-state index in [1.54, 1.807) is 24.4 Å². The molecule has 0 saturated heterocycles. The minimum atomic E-state index is -0.437. The summed E-state index contributed by atoms with van der Waals surface area (Å²) in [5.74, 6) is 0.0599. The van der Waals surface area contributed by atoms with E-state index in [1.807, 2.05) is 13.0 Å². The highest BCUT2D eigenvalue weighted by Gasteiger charge is 2.15. The first-order valence-electron chi connectivity index (χ1n) is 5.72. The minimum Gasteiger partial charge on any atom is -0.504 e. The van der Waals surface area contributed by atoms with E-state index in [1.165, 1.54) is 13.2 Å². The van der Waals surface area contributed by atoms with Gasteiger partial charge in [0.15, 0.2) is 11.5 Å². The van der Waals surface area contributed by atoms with Crippen LogP contribution in [-0.4, -0.2) is 23.1 Å². The Morgan fingerprint density at radius 2 is 2.11 bits per heavy atom. The van der Waals surface area contributed by atoms with Gasteiger partial charge in [-0.2, -0.15) is 0 Å². The van der Waals surface area contributed by atoms with Crippen molar-refractivity contribution in [1.29, 1.82) is 0 Å². The molecule has 1 heterocycles. The molecule has 19 heavy (non-hydrogen) atoms. The summed E-state index contributed by atoms with van der Waals surface area (Å²) in [6, 6.07) is 8.27. The summed E-state index contributed by atoms with van der Waals surface area (Å²) < 4.78 is 4.96. The zero-order valence-corrected chi connectivity index (χ0v) is 10.7. The lowest BCUT2D eigenvalue weighted by atomic mass is 10.1. The Kier molecular flexibility index (Phi) is 3.66. The average molecular weight is 258 g/mol. The number of nitrogens with zero attached hydrogens (tertiary/aromatic N) is 1. The number of aromatic hydroxyl groups is 1. The van der Waals surface area contributed by atoms with Gasteiger partial charge in [-0.3, -0.25) is 4.79 Å². The SMILES string of the molecule is COc1cccc(C(=O)Nc2ccc(C)cn2)c1O. The third kappa shape index (κ3) is 2.82. The molecule has 0 unspecified atom stereocenters. The predicted molar refractivity (Wildman–Crippen MR) is 71.6 cm³/mol. The molecule has 0 aliphatic heterocycles. The molecule has 0 fully saturated rings. The van der Waals surface area contributed by atoms with Crippen LogP contribution in [0.3, 0.4) is 0 Å². The number of pyridine rings is 1. The lowest BCUT2D eigenvalue weighted by molar-refractivity contribution is 0.102. The van der Waals surface area contributed by atoms with E-state index in [0.717, 1.165) is 5.56 Å². The molecule has 1 aromatic carbocycles. The number of anilines is 1. The number of benzene rings is 1. The summed E-state index contributed by atoms with van der Waals surface area (Å²) >= 11 is 0. The molecule has 0 atom stereocenters. The first-order valence-corrected chi connectivity index (χ1v) is 5.72. The lowest BCUT2D eigenvalue weighted by Crippen LogP contribution is -2.13. The lowest BCUT2D eigenvalue weighted by Gasteiger charge is -2.09. The van der Waals surface area contributed by atoms with Crippen LogP contribution in [0.2, 0.25) is 0 Å². The van der Waals surface area contributed by atoms with Gasteiger partial charge in [-0.05, 0) is 30.7 Å². The number of amides is 1. The number of rotatable bonds is 3. The van der Waals surface area contributed by atoms with Crippen LogP contribution in [-0.2, 0) is 0 Å². The van der Waals surface area contributed by atoms with Crippen molar-refractivity contribution in [3.05, 3.63) is 47.7 Å². The molecule has 2 aromatic rings. The molecule has 0 saturated carbocycles. The van der Waals surface area contributed by atoms with Crippen LogP contribution < -0.4 is 10.1 Å². The summed E-state index contributed by atoms with van der Waals surface area (Å²) in [6.07, 6.45) is 1.65. The fraction of sp³-hybridized carbons (Fsp3) is 0.143. The fourth-order valence-electron chi connectivity index (χ4n) is 1.60. The highest BCUT2D eigenvalue weighted by Crippen LogP contribution is 2.29. The quantitative estimate of drug-likeness (QED) is 0.886. The molecule has 2 N–H and O–H groups in total. The van der Waals surface area contributed by atoms with Crippen molar-refractivity contribution in [1.82, 2.24) is 4.98 Å². The third-order valence-electron chi connectivity index (χ3n) is 2.62. The summed E-state index contributed by atoms with van der Waals surface area (Å²) in [7, 11) is 1.43. The monoisotopic (exact) mass is 258 g/mol. The van der Waals surface area contributed by atoms with Crippen molar-refractivity contribution >= 4 is 11.7 Å². The smallest absolute Gasteiger partial charge is 0.260 e. The van der Waals surface area contributed by atoms with E-state index in [4.69, 9.17) is 4.74 Å². The number of aromatic nitrogens is 1. The van der Waals surface area contributed by atoms with E-state index < -0.39 is 5.91 Å². The van der Waals surface area contributed by atoms with Gasteiger partial charge < -0.3 is 15.2 Å². The van der Waals surface area contributed by atoms with Gasteiger partial charge >= 0.3 is 0 Å². The first-order chi connectivity index (χ1) is 9.11. The normalized spacial score (nSPS) is 10.0. The van der Waals surface area contributed by atoms with Crippen LogP contribution in [0.5, 0.6) is 11.5 Å². The highest BCUT2D eigenvalue weighted by atomic mass is 16.5. The standard InChI is InChI=1S/C14H14N2O3/c1-9-6-7-12(15-8-9)16-14(18)10-4-3-5-11(19-2)13(10)17/h3-8,17H,1-2H3,(H,15,16,18). The van der Waals surface area contributed by atoms with Gasteiger partial charge in [0.05, 0.1) is 12.7 Å². The number of methoxy groups -OCH3 is 1. The zero-order valence-electron chi connectivity index (χ0n) is 10.7. The van der Waals surface area contributed by atoms with Crippen molar-refractivity contribution in [3.63, 3.8) is 0 Å². The fourth-order valence-corrected chi connectivity index (χ4v) is 1.60. The van der Waals surface area contributed by atoms with Gasteiger partial charge in [0.25, 0.3) is 5.91 Å². The highest BCUT2D eigenvalue weighted by molar-refractivity contribution is 6.06. The van der Waals surface area contributed by atoms with Crippen molar-refractivity contribution in [2.24, 2.45) is 0 Å². The molecule has 0 spiro atoms. The Bertz CT molecular complexity index is 594.